The first-order chi connectivity index (χ1) is 7.18. The van der Waals surface area contributed by atoms with Gasteiger partial charge in [-0.25, -0.2) is 0 Å². The maximum atomic E-state index is 4.22. The molecule has 1 fully saturated rings. The third kappa shape index (κ3) is 2.59. The van der Waals surface area contributed by atoms with Gasteiger partial charge in [0.1, 0.15) is 0 Å². The summed E-state index contributed by atoms with van der Waals surface area (Å²) in [7, 11) is 2.03. The lowest BCUT2D eigenvalue weighted by Crippen LogP contribution is -2.22. The van der Waals surface area contributed by atoms with Crippen molar-refractivity contribution < 1.29 is 0 Å². The third-order valence-electron chi connectivity index (χ3n) is 3.12. The van der Waals surface area contributed by atoms with Gasteiger partial charge in [-0.15, -0.1) is 0 Å². The third-order valence-corrected chi connectivity index (χ3v) is 3.12. The highest BCUT2D eigenvalue weighted by Gasteiger charge is 2.39. The minimum absolute atomic E-state index is 0.747. The van der Waals surface area contributed by atoms with Crippen LogP contribution in [0.4, 0.5) is 0 Å². The molecule has 0 saturated heterocycles. The largest absolute Gasteiger partial charge is 0.316 e. The fourth-order valence-electron chi connectivity index (χ4n) is 2.14. The first-order valence-corrected chi connectivity index (χ1v) is 5.87. The van der Waals surface area contributed by atoms with Gasteiger partial charge in [-0.2, -0.15) is 5.10 Å². The van der Waals surface area contributed by atoms with Crippen LogP contribution in [0.2, 0.25) is 0 Å². The molecule has 2 atom stereocenters. The van der Waals surface area contributed by atoms with Gasteiger partial charge in [-0.05, 0) is 37.4 Å². The van der Waals surface area contributed by atoms with Gasteiger partial charge in [0.05, 0.1) is 0 Å². The number of hydrogen-bond acceptors (Lipinski definition) is 2. The zero-order valence-electron chi connectivity index (χ0n) is 9.90. The van der Waals surface area contributed by atoms with Crippen molar-refractivity contribution >= 4 is 0 Å². The summed E-state index contributed by atoms with van der Waals surface area (Å²) in [6, 6.07) is 2.15. The number of aryl methyl sites for hydroxylation is 1. The van der Waals surface area contributed by atoms with Crippen LogP contribution in [0.5, 0.6) is 0 Å². The van der Waals surface area contributed by atoms with E-state index in [4.69, 9.17) is 0 Å². The zero-order chi connectivity index (χ0) is 10.8. The molecule has 1 aliphatic carbocycles. The molecule has 2 unspecified atom stereocenters. The molecule has 3 nitrogen and oxygen atoms in total. The number of nitrogens with one attached hydrogen (secondary N) is 1. The Labute approximate surface area is 91.9 Å². The summed E-state index contributed by atoms with van der Waals surface area (Å²) < 4.78 is 2.01. The van der Waals surface area contributed by atoms with Crippen molar-refractivity contribution in [1.29, 1.82) is 0 Å². The highest BCUT2D eigenvalue weighted by molar-refractivity contribution is 5.17. The molecule has 1 N–H and O–H groups in total. The van der Waals surface area contributed by atoms with Gasteiger partial charge in [0.25, 0.3) is 0 Å². The fourth-order valence-corrected chi connectivity index (χ4v) is 2.14. The molecule has 3 heteroatoms. The van der Waals surface area contributed by atoms with Gasteiger partial charge in [0.15, 0.2) is 0 Å². The monoisotopic (exact) mass is 207 g/mol. The van der Waals surface area contributed by atoms with E-state index in [1.807, 2.05) is 17.9 Å². The second kappa shape index (κ2) is 4.35. The average molecular weight is 207 g/mol. The van der Waals surface area contributed by atoms with Gasteiger partial charge < -0.3 is 5.32 Å². The molecule has 1 aliphatic rings. The van der Waals surface area contributed by atoms with Gasteiger partial charge in [-0.3, -0.25) is 4.68 Å². The second-order valence-corrected chi connectivity index (χ2v) is 5.03. The first kappa shape index (κ1) is 10.7. The van der Waals surface area contributed by atoms with Crippen molar-refractivity contribution in [1.82, 2.24) is 15.1 Å². The smallest absolute Gasteiger partial charge is 0.0492 e. The maximum Gasteiger partial charge on any atom is 0.0492 e. The Morgan fingerprint density at radius 1 is 1.60 bits per heavy atom. The van der Waals surface area contributed by atoms with Crippen molar-refractivity contribution in [3.8, 4) is 0 Å². The lowest BCUT2D eigenvalue weighted by molar-refractivity contribution is 0.530. The van der Waals surface area contributed by atoms with Crippen LogP contribution in [0.1, 0.15) is 31.9 Å². The van der Waals surface area contributed by atoms with Crippen molar-refractivity contribution in [2.45, 2.75) is 26.2 Å². The van der Waals surface area contributed by atoms with E-state index in [-0.39, 0.29) is 0 Å². The van der Waals surface area contributed by atoms with Gasteiger partial charge in [-0.1, -0.05) is 13.8 Å². The van der Waals surface area contributed by atoms with Crippen LogP contribution >= 0.6 is 0 Å². The van der Waals surface area contributed by atoms with E-state index in [9.17, 15) is 0 Å². The molecule has 0 aromatic carbocycles. The normalized spacial score (nSPS) is 24.8. The molecule has 0 bridgehead atoms. The first-order valence-electron chi connectivity index (χ1n) is 5.87. The molecule has 0 radical (unpaired) electrons. The topological polar surface area (TPSA) is 29.9 Å². The van der Waals surface area contributed by atoms with E-state index in [0.717, 1.165) is 30.8 Å². The van der Waals surface area contributed by atoms with Crippen molar-refractivity contribution in [2.75, 3.05) is 13.1 Å². The molecule has 15 heavy (non-hydrogen) atoms. The minimum atomic E-state index is 0.747. The predicted molar refractivity (Wildman–Crippen MR) is 61.8 cm³/mol. The summed E-state index contributed by atoms with van der Waals surface area (Å²) in [5, 5.41) is 7.75. The molecule has 1 aromatic rings. The van der Waals surface area contributed by atoms with Crippen LogP contribution in [0.3, 0.4) is 0 Å². The number of rotatable bonds is 5. The SMILES string of the molecule is CC(C)CNCC1CC1c1ccnn1C. The molecule has 0 amide bonds. The van der Waals surface area contributed by atoms with E-state index in [1.165, 1.54) is 12.1 Å². The standard InChI is InChI=1S/C12H21N3/c1-9(2)7-13-8-10-6-11(10)12-4-5-14-15(12)3/h4-5,9-11,13H,6-8H2,1-3H3. The Morgan fingerprint density at radius 2 is 2.40 bits per heavy atom. The molecule has 2 rings (SSSR count). The average Bonchev–Trinajstić information content (AvgIpc) is 2.79. The molecule has 84 valence electrons. The van der Waals surface area contributed by atoms with E-state index in [0.29, 0.717) is 0 Å². The van der Waals surface area contributed by atoms with Crippen LogP contribution < -0.4 is 5.32 Å². The van der Waals surface area contributed by atoms with E-state index >= 15 is 0 Å². The van der Waals surface area contributed by atoms with Gasteiger partial charge in [0.2, 0.25) is 0 Å². The summed E-state index contributed by atoms with van der Waals surface area (Å²) in [5.74, 6) is 2.33. The van der Waals surface area contributed by atoms with Crippen molar-refractivity contribution in [3.05, 3.63) is 18.0 Å². The molecule has 1 heterocycles. The van der Waals surface area contributed by atoms with Crippen LogP contribution in [0.25, 0.3) is 0 Å². The molecular formula is C12H21N3. The lowest BCUT2D eigenvalue weighted by atomic mass is 10.2. The van der Waals surface area contributed by atoms with Crippen LogP contribution in [-0.4, -0.2) is 22.9 Å². The molecule has 1 aromatic heterocycles. The second-order valence-electron chi connectivity index (χ2n) is 5.03. The Hall–Kier alpha value is -0.830. The van der Waals surface area contributed by atoms with Crippen LogP contribution in [-0.2, 0) is 7.05 Å². The quantitative estimate of drug-likeness (QED) is 0.797. The molecule has 0 spiro atoms. The highest BCUT2D eigenvalue weighted by Crippen LogP contribution is 2.46. The number of aromatic nitrogens is 2. The summed E-state index contributed by atoms with van der Waals surface area (Å²) in [6.07, 6.45) is 3.22. The molecule has 1 saturated carbocycles. The Balaban J connectivity index is 1.75. The van der Waals surface area contributed by atoms with E-state index < -0.39 is 0 Å². The predicted octanol–water partition coefficient (Wildman–Crippen LogP) is 1.77. The van der Waals surface area contributed by atoms with Gasteiger partial charge >= 0.3 is 0 Å². The van der Waals surface area contributed by atoms with E-state index in [2.05, 4.69) is 30.3 Å². The lowest BCUT2D eigenvalue weighted by Gasteiger charge is -2.06. The summed E-state index contributed by atoms with van der Waals surface area (Å²) in [6.45, 7) is 6.79. The maximum absolute atomic E-state index is 4.22. The number of hydrogen-bond donors (Lipinski definition) is 1. The fraction of sp³-hybridized carbons (Fsp3) is 0.750. The van der Waals surface area contributed by atoms with Crippen molar-refractivity contribution in [3.63, 3.8) is 0 Å². The Kier molecular flexibility index (Phi) is 3.10. The van der Waals surface area contributed by atoms with Gasteiger partial charge in [0, 0.05) is 24.9 Å². The van der Waals surface area contributed by atoms with Crippen LogP contribution in [0, 0.1) is 11.8 Å². The summed E-state index contributed by atoms with van der Waals surface area (Å²) >= 11 is 0. The zero-order valence-corrected chi connectivity index (χ0v) is 9.90. The van der Waals surface area contributed by atoms with Crippen molar-refractivity contribution in [2.24, 2.45) is 18.9 Å². The Bertz CT molecular complexity index is 316. The summed E-state index contributed by atoms with van der Waals surface area (Å²) in [4.78, 5) is 0. The van der Waals surface area contributed by atoms with E-state index in [1.54, 1.807) is 0 Å². The molecule has 0 aliphatic heterocycles. The Morgan fingerprint density at radius 3 is 3.00 bits per heavy atom. The minimum Gasteiger partial charge on any atom is -0.316 e. The molecular weight excluding hydrogens is 186 g/mol. The highest BCUT2D eigenvalue weighted by atomic mass is 15.3. The summed E-state index contributed by atoms with van der Waals surface area (Å²) in [5.41, 5.74) is 1.39. The van der Waals surface area contributed by atoms with Crippen LogP contribution in [0.15, 0.2) is 12.3 Å². The number of nitrogens with zero attached hydrogens (tertiary/aromatic N) is 2.